The molecule has 2 rings (SSSR count). The molecule has 0 aliphatic heterocycles. The maximum atomic E-state index is 11.8. The number of methoxy groups -OCH3 is 1. The quantitative estimate of drug-likeness (QED) is 0.803. The second-order valence-electron chi connectivity index (χ2n) is 4.37. The molecule has 1 unspecified atom stereocenters. The summed E-state index contributed by atoms with van der Waals surface area (Å²) in [6.07, 6.45) is 0. The van der Waals surface area contributed by atoms with Crippen LogP contribution in [0.3, 0.4) is 0 Å². The molecule has 1 aromatic heterocycles. The molecule has 0 radical (unpaired) electrons. The monoisotopic (exact) mass is 291 g/mol. The number of hydrogen-bond acceptors (Lipinski definition) is 5. The third-order valence-electron chi connectivity index (χ3n) is 3.06. The first-order valence-electron chi connectivity index (χ1n) is 6.31. The number of benzene rings is 1. The van der Waals surface area contributed by atoms with Crippen molar-refractivity contribution in [2.45, 2.75) is 12.5 Å². The Morgan fingerprint density at radius 3 is 2.70 bits per heavy atom. The van der Waals surface area contributed by atoms with Crippen LogP contribution in [0.15, 0.2) is 41.8 Å². The van der Waals surface area contributed by atoms with Gasteiger partial charge in [-0.2, -0.15) is 0 Å². The van der Waals surface area contributed by atoms with Crippen molar-refractivity contribution < 1.29 is 14.6 Å². The number of thiophene rings is 1. The third kappa shape index (κ3) is 3.59. The summed E-state index contributed by atoms with van der Waals surface area (Å²) in [5.41, 5.74) is 1.76. The molecule has 0 bridgehead atoms. The SMILES string of the molecule is COC(=O)C(CNCc1ccccc1)c1ccsc1O. The van der Waals surface area contributed by atoms with E-state index in [4.69, 9.17) is 4.74 Å². The topological polar surface area (TPSA) is 58.6 Å². The molecule has 0 aliphatic carbocycles. The smallest absolute Gasteiger partial charge is 0.314 e. The highest BCUT2D eigenvalue weighted by molar-refractivity contribution is 7.11. The van der Waals surface area contributed by atoms with Gasteiger partial charge in [-0.05, 0) is 17.0 Å². The molecule has 1 heterocycles. The van der Waals surface area contributed by atoms with Crippen molar-refractivity contribution in [3.05, 3.63) is 52.9 Å². The van der Waals surface area contributed by atoms with E-state index < -0.39 is 5.92 Å². The van der Waals surface area contributed by atoms with Crippen LogP contribution in [-0.4, -0.2) is 24.7 Å². The first-order valence-corrected chi connectivity index (χ1v) is 7.19. The molecule has 0 aliphatic rings. The van der Waals surface area contributed by atoms with Crippen molar-refractivity contribution in [1.82, 2.24) is 5.32 Å². The van der Waals surface area contributed by atoms with Gasteiger partial charge < -0.3 is 15.2 Å². The molecular formula is C15H17NO3S. The minimum atomic E-state index is -0.491. The predicted molar refractivity (Wildman–Crippen MR) is 78.9 cm³/mol. The number of carbonyl (C=O) groups excluding carboxylic acids is 1. The van der Waals surface area contributed by atoms with Crippen LogP contribution in [0.25, 0.3) is 0 Å². The lowest BCUT2D eigenvalue weighted by molar-refractivity contribution is -0.142. The second-order valence-corrected chi connectivity index (χ2v) is 5.27. The average Bonchev–Trinajstić information content (AvgIpc) is 2.90. The fourth-order valence-electron chi connectivity index (χ4n) is 2.00. The van der Waals surface area contributed by atoms with Crippen molar-refractivity contribution in [2.24, 2.45) is 0 Å². The fraction of sp³-hybridized carbons (Fsp3) is 0.267. The zero-order valence-corrected chi connectivity index (χ0v) is 12.0. The molecule has 106 valence electrons. The number of hydrogen-bond donors (Lipinski definition) is 2. The van der Waals surface area contributed by atoms with Crippen LogP contribution in [0.2, 0.25) is 0 Å². The molecule has 0 fully saturated rings. The van der Waals surface area contributed by atoms with Crippen molar-refractivity contribution in [3.8, 4) is 5.06 Å². The number of ether oxygens (including phenoxy) is 1. The molecule has 2 aromatic rings. The molecule has 5 heteroatoms. The van der Waals surface area contributed by atoms with Crippen LogP contribution in [0, 0.1) is 0 Å². The van der Waals surface area contributed by atoms with Crippen LogP contribution >= 0.6 is 11.3 Å². The normalized spacial score (nSPS) is 12.1. The summed E-state index contributed by atoms with van der Waals surface area (Å²) in [6, 6.07) is 11.7. The summed E-state index contributed by atoms with van der Waals surface area (Å²) in [5, 5.41) is 14.9. The Hall–Kier alpha value is -1.85. The van der Waals surface area contributed by atoms with E-state index in [2.05, 4.69) is 5.32 Å². The molecule has 0 spiro atoms. The summed E-state index contributed by atoms with van der Waals surface area (Å²) < 4.78 is 4.81. The van der Waals surface area contributed by atoms with Gasteiger partial charge in [0.05, 0.1) is 13.0 Å². The number of rotatable bonds is 6. The maximum absolute atomic E-state index is 11.8. The van der Waals surface area contributed by atoms with Crippen LogP contribution in [0.4, 0.5) is 0 Å². The standard InChI is InChI=1S/C15H17NO3S/c1-19-14(17)13(12-7-8-20-15(12)18)10-16-9-11-5-3-2-4-6-11/h2-8,13,16,18H,9-10H2,1H3. The second kappa shape index (κ2) is 7.07. The minimum Gasteiger partial charge on any atom is -0.499 e. The van der Waals surface area contributed by atoms with Crippen LogP contribution in [-0.2, 0) is 16.1 Å². The van der Waals surface area contributed by atoms with Gasteiger partial charge in [0.2, 0.25) is 0 Å². The molecule has 2 N–H and O–H groups in total. The molecule has 0 saturated carbocycles. The number of aromatic hydroxyl groups is 1. The Balaban J connectivity index is 1.99. The zero-order valence-electron chi connectivity index (χ0n) is 11.2. The Labute approximate surface area is 122 Å². The Kier molecular flexibility index (Phi) is 5.15. The lowest BCUT2D eigenvalue weighted by Gasteiger charge is -2.15. The van der Waals surface area contributed by atoms with Gasteiger partial charge in [0, 0.05) is 18.7 Å². The van der Waals surface area contributed by atoms with Gasteiger partial charge >= 0.3 is 5.97 Å². The highest BCUT2D eigenvalue weighted by Gasteiger charge is 2.24. The summed E-state index contributed by atoms with van der Waals surface area (Å²) in [5.74, 6) is -0.839. The Morgan fingerprint density at radius 2 is 2.10 bits per heavy atom. The van der Waals surface area contributed by atoms with E-state index in [1.54, 1.807) is 11.4 Å². The van der Waals surface area contributed by atoms with E-state index >= 15 is 0 Å². The van der Waals surface area contributed by atoms with Crippen molar-refractivity contribution in [3.63, 3.8) is 0 Å². The predicted octanol–water partition coefficient (Wildman–Crippen LogP) is 2.50. The maximum Gasteiger partial charge on any atom is 0.314 e. The van der Waals surface area contributed by atoms with Gasteiger partial charge in [0.15, 0.2) is 5.06 Å². The fourth-order valence-corrected chi connectivity index (χ4v) is 2.69. The number of esters is 1. The summed E-state index contributed by atoms with van der Waals surface area (Å²) >= 11 is 1.21. The molecule has 0 amide bonds. The van der Waals surface area contributed by atoms with E-state index in [-0.39, 0.29) is 11.0 Å². The van der Waals surface area contributed by atoms with Gasteiger partial charge in [-0.15, -0.1) is 11.3 Å². The van der Waals surface area contributed by atoms with E-state index in [1.165, 1.54) is 18.4 Å². The van der Waals surface area contributed by atoms with Crippen LogP contribution < -0.4 is 5.32 Å². The molecule has 0 saturated heterocycles. The van der Waals surface area contributed by atoms with E-state index in [9.17, 15) is 9.90 Å². The highest BCUT2D eigenvalue weighted by Crippen LogP contribution is 2.31. The van der Waals surface area contributed by atoms with Crippen LogP contribution in [0.1, 0.15) is 17.0 Å². The lowest BCUT2D eigenvalue weighted by atomic mass is 10.0. The first-order chi connectivity index (χ1) is 9.72. The van der Waals surface area contributed by atoms with E-state index in [0.717, 1.165) is 5.56 Å². The Morgan fingerprint density at radius 1 is 1.35 bits per heavy atom. The first kappa shape index (κ1) is 14.6. The van der Waals surface area contributed by atoms with Gasteiger partial charge in [-0.1, -0.05) is 30.3 Å². The highest BCUT2D eigenvalue weighted by atomic mass is 32.1. The molecule has 1 atom stereocenters. The van der Waals surface area contributed by atoms with Gasteiger partial charge in [-0.3, -0.25) is 4.79 Å². The Bertz CT molecular complexity index is 553. The third-order valence-corrected chi connectivity index (χ3v) is 3.79. The molecule has 4 nitrogen and oxygen atoms in total. The molecule has 1 aromatic carbocycles. The molecular weight excluding hydrogens is 274 g/mol. The van der Waals surface area contributed by atoms with E-state index in [0.29, 0.717) is 18.7 Å². The zero-order chi connectivity index (χ0) is 14.4. The van der Waals surface area contributed by atoms with Gasteiger partial charge in [0.25, 0.3) is 0 Å². The van der Waals surface area contributed by atoms with Crippen LogP contribution in [0.5, 0.6) is 5.06 Å². The molecule has 20 heavy (non-hydrogen) atoms. The van der Waals surface area contributed by atoms with Gasteiger partial charge in [0.1, 0.15) is 0 Å². The van der Waals surface area contributed by atoms with Gasteiger partial charge in [-0.25, -0.2) is 0 Å². The van der Waals surface area contributed by atoms with Crippen molar-refractivity contribution in [2.75, 3.05) is 13.7 Å². The number of carbonyl (C=O) groups is 1. The lowest BCUT2D eigenvalue weighted by Crippen LogP contribution is -2.27. The van der Waals surface area contributed by atoms with Crippen molar-refractivity contribution in [1.29, 1.82) is 0 Å². The number of nitrogens with one attached hydrogen (secondary N) is 1. The van der Waals surface area contributed by atoms with Crippen molar-refractivity contribution >= 4 is 17.3 Å². The summed E-state index contributed by atoms with van der Waals surface area (Å²) in [7, 11) is 1.36. The average molecular weight is 291 g/mol. The summed E-state index contributed by atoms with van der Waals surface area (Å²) in [6.45, 7) is 1.09. The minimum absolute atomic E-state index is 0.168. The van der Waals surface area contributed by atoms with E-state index in [1.807, 2.05) is 30.3 Å². The largest absolute Gasteiger partial charge is 0.499 e. The summed E-state index contributed by atoms with van der Waals surface area (Å²) in [4.78, 5) is 11.8.